The van der Waals surface area contributed by atoms with Gasteiger partial charge >= 0.3 is 0 Å². The molecule has 1 amide bonds. The van der Waals surface area contributed by atoms with Crippen LogP contribution in [0, 0.1) is 12.8 Å². The van der Waals surface area contributed by atoms with Crippen molar-refractivity contribution < 1.29 is 4.79 Å². The van der Waals surface area contributed by atoms with Crippen LogP contribution in [0.2, 0.25) is 0 Å². The van der Waals surface area contributed by atoms with Gasteiger partial charge in [-0.25, -0.2) is 0 Å². The largest absolute Gasteiger partial charge is 0.318 e. The first-order chi connectivity index (χ1) is 10.1. The summed E-state index contributed by atoms with van der Waals surface area (Å²) in [5.74, 6) is 1.09. The average Bonchev–Trinajstić information content (AvgIpc) is 2.91. The third kappa shape index (κ3) is 3.02. The van der Waals surface area contributed by atoms with Crippen molar-refractivity contribution in [2.45, 2.75) is 71.1 Å². The highest BCUT2D eigenvalue weighted by Crippen LogP contribution is 2.36. The zero-order valence-corrected chi connectivity index (χ0v) is 14.1. The second kappa shape index (κ2) is 6.09. The van der Waals surface area contributed by atoms with Crippen LogP contribution in [0.1, 0.15) is 61.9 Å². The Bertz CT molecular complexity index is 513. The Balaban J connectivity index is 1.83. The van der Waals surface area contributed by atoms with Crippen LogP contribution in [0.15, 0.2) is 12.1 Å². The predicted molar refractivity (Wildman–Crippen MR) is 87.3 cm³/mol. The summed E-state index contributed by atoms with van der Waals surface area (Å²) in [6.45, 7) is 6.47. The molecular formula is C17H26N2OS. The van der Waals surface area contributed by atoms with E-state index in [-0.39, 0.29) is 18.1 Å². The quantitative estimate of drug-likeness (QED) is 0.842. The number of thiophene rings is 1. The molecule has 116 valence electrons. The van der Waals surface area contributed by atoms with Gasteiger partial charge in [-0.3, -0.25) is 10.1 Å². The standard InChI is InChI=1S/C17H26N2OS/c1-11-5-4-6-14(9-7-11)19-16(18-13(3)17(19)20)15-10-8-12(2)21-15/h8,10-11,13-14,16,18H,4-7,9H2,1-3H3. The lowest BCUT2D eigenvalue weighted by Crippen LogP contribution is -2.39. The third-order valence-electron chi connectivity index (χ3n) is 4.96. The summed E-state index contributed by atoms with van der Waals surface area (Å²) in [6.07, 6.45) is 6.21. The van der Waals surface area contributed by atoms with Crippen LogP contribution < -0.4 is 5.32 Å². The molecule has 21 heavy (non-hydrogen) atoms. The Morgan fingerprint density at radius 3 is 2.71 bits per heavy atom. The van der Waals surface area contributed by atoms with Crippen molar-refractivity contribution in [1.29, 1.82) is 0 Å². The molecular weight excluding hydrogens is 280 g/mol. The molecule has 0 aromatic carbocycles. The molecule has 2 fully saturated rings. The van der Waals surface area contributed by atoms with Crippen molar-refractivity contribution in [2.24, 2.45) is 5.92 Å². The molecule has 1 N–H and O–H groups in total. The zero-order chi connectivity index (χ0) is 15.0. The summed E-state index contributed by atoms with van der Waals surface area (Å²) < 4.78 is 0. The van der Waals surface area contributed by atoms with Crippen molar-refractivity contribution in [3.05, 3.63) is 21.9 Å². The summed E-state index contributed by atoms with van der Waals surface area (Å²) in [4.78, 5) is 17.4. The Morgan fingerprint density at radius 2 is 2.00 bits per heavy atom. The number of aryl methyl sites for hydroxylation is 1. The van der Waals surface area contributed by atoms with E-state index >= 15 is 0 Å². The minimum atomic E-state index is -0.0573. The van der Waals surface area contributed by atoms with Crippen LogP contribution in [-0.2, 0) is 4.79 Å². The SMILES string of the molecule is Cc1ccc(C2NC(C)C(=O)N2C2CCCC(C)CC2)s1. The highest BCUT2D eigenvalue weighted by Gasteiger charge is 2.41. The van der Waals surface area contributed by atoms with Gasteiger partial charge in [0.05, 0.1) is 6.04 Å². The molecule has 1 aromatic heterocycles. The number of nitrogens with zero attached hydrogens (tertiary/aromatic N) is 1. The molecule has 1 aromatic rings. The topological polar surface area (TPSA) is 32.3 Å². The first-order valence-electron chi connectivity index (χ1n) is 8.21. The summed E-state index contributed by atoms with van der Waals surface area (Å²) in [7, 11) is 0. The summed E-state index contributed by atoms with van der Waals surface area (Å²) in [6, 6.07) is 4.68. The van der Waals surface area contributed by atoms with Gasteiger partial charge in [0.1, 0.15) is 6.17 Å². The minimum Gasteiger partial charge on any atom is -0.318 e. The summed E-state index contributed by atoms with van der Waals surface area (Å²) >= 11 is 1.81. The fourth-order valence-corrected chi connectivity index (χ4v) is 4.63. The van der Waals surface area contributed by atoms with E-state index in [1.807, 2.05) is 6.92 Å². The van der Waals surface area contributed by atoms with Crippen LogP contribution in [0.4, 0.5) is 0 Å². The maximum absolute atomic E-state index is 12.7. The summed E-state index contributed by atoms with van der Waals surface area (Å²) in [5.41, 5.74) is 0. The fourth-order valence-electron chi connectivity index (χ4n) is 3.70. The molecule has 0 radical (unpaired) electrons. The van der Waals surface area contributed by atoms with E-state index in [4.69, 9.17) is 0 Å². The van der Waals surface area contributed by atoms with E-state index in [1.165, 1.54) is 29.0 Å². The van der Waals surface area contributed by atoms with Gasteiger partial charge in [0.25, 0.3) is 0 Å². The number of amides is 1. The van der Waals surface area contributed by atoms with Gasteiger partial charge in [-0.05, 0) is 51.2 Å². The number of hydrogen-bond donors (Lipinski definition) is 1. The van der Waals surface area contributed by atoms with Crippen molar-refractivity contribution in [3.8, 4) is 0 Å². The third-order valence-corrected chi connectivity index (χ3v) is 6.02. The van der Waals surface area contributed by atoms with Crippen molar-refractivity contribution in [1.82, 2.24) is 10.2 Å². The molecule has 1 aliphatic carbocycles. The molecule has 0 spiro atoms. The zero-order valence-electron chi connectivity index (χ0n) is 13.3. The second-order valence-electron chi connectivity index (χ2n) is 6.75. The molecule has 4 atom stereocenters. The normalized spacial score (nSPS) is 34.2. The van der Waals surface area contributed by atoms with Gasteiger partial charge in [0, 0.05) is 15.8 Å². The van der Waals surface area contributed by atoms with Crippen LogP contribution in [-0.4, -0.2) is 22.9 Å². The lowest BCUT2D eigenvalue weighted by Gasteiger charge is -2.32. The Morgan fingerprint density at radius 1 is 1.19 bits per heavy atom. The Hall–Kier alpha value is -0.870. The van der Waals surface area contributed by atoms with Crippen molar-refractivity contribution >= 4 is 17.2 Å². The van der Waals surface area contributed by atoms with E-state index in [0.717, 1.165) is 18.8 Å². The van der Waals surface area contributed by atoms with Crippen LogP contribution in [0.3, 0.4) is 0 Å². The molecule has 3 rings (SSSR count). The number of carbonyl (C=O) groups is 1. The number of carbonyl (C=O) groups excluding carboxylic acids is 1. The van der Waals surface area contributed by atoms with E-state index in [0.29, 0.717) is 6.04 Å². The fraction of sp³-hybridized carbons (Fsp3) is 0.706. The van der Waals surface area contributed by atoms with Crippen molar-refractivity contribution in [2.75, 3.05) is 0 Å². The van der Waals surface area contributed by atoms with Gasteiger partial charge in [-0.15, -0.1) is 11.3 Å². The molecule has 1 aliphatic heterocycles. The summed E-state index contributed by atoms with van der Waals surface area (Å²) in [5, 5.41) is 3.50. The van der Waals surface area contributed by atoms with Crippen LogP contribution in [0.25, 0.3) is 0 Å². The molecule has 1 saturated carbocycles. The van der Waals surface area contributed by atoms with Gasteiger partial charge in [0.15, 0.2) is 0 Å². The minimum absolute atomic E-state index is 0.0573. The van der Waals surface area contributed by atoms with E-state index in [2.05, 4.69) is 36.2 Å². The molecule has 1 saturated heterocycles. The predicted octanol–water partition coefficient (Wildman–Crippen LogP) is 3.84. The van der Waals surface area contributed by atoms with E-state index in [9.17, 15) is 4.79 Å². The Labute approximate surface area is 131 Å². The number of rotatable bonds is 2. The maximum Gasteiger partial charge on any atom is 0.241 e. The number of nitrogens with one attached hydrogen (secondary N) is 1. The smallest absolute Gasteiger partial charge is 0.241 e. The number of hydrogen-bond acceptors (Lipinski definition) is 3. The van der Waals surface area contributed by atoms with E-state index < -0.39 is 0 Å². The first kappa shape index (κ1) is 15.0. The van der Waals surface area contributed by atoms with Crippen LogP contribution >= 0.6 is 11.3 Å². The monoisotopic (exact) mass is 306 g/mol. The van der Waals surface area contributed by atoms with Crippen molar-refractivity contribution in [3.63, 3.8) is 0 Å². The van der Waals surface area contributed by atoms with Gasteiger partial charge < -0.3 is 4.90 Å². The molecule has 4 heteroatoms. The van der Waals surface area contributed by atoms with Crippen LogP contribution in [0.5, 0.6) is 0 Å². The van der Waals surface area contributed by atoms with Gasteiger partial charge in [-0.1, -0.05) is 19.8 Å². The van der Waals surface area contributed by atoms with E-state index in [1.54, 1.807) is 11.3 Å². The average molecular weight is 306 g/mol. The molecule has 0 bridgehead atoms. The molecule has 2 heterocycles. The second-order valence-corrected chi connectivity index (χ2v) is 8.07. The lowest BCUT2D eigenvalue weighted by molar-refractivity contribution is -0.132. The molecule has 3 nitrogen and oxygen atoms in total. The molecule has 2 aliphatic rings. The highest BCUT2D eigenvalue weighted by atomic mass is 32.1. The molecule has 4 unspecified atom stereocenters. The lowest BCUT2D eigenvalue weighted by atomic mass is 10.0. The highest BCUT2D eigenvalue weighted by molar-refractivity contribution is 7.12. The van der Waals surface area contributed by atoms with Gasteiger partial charge in [0.2, 0.25) is 5.91 Å². The maximum atomic E-state index is 12.7. The van der Waals surface area contributed by atoms with Gasteiger partial charge in [-0.2, -0.15) is 0 Å². The first-order valence-corrected chi connectivity index (χ1v) is 9.02. The Kier molecular flexibility index (Phi) is 4.36.